The van der Waals surface area contributed by atoms with Gasteiger partial charge in [-0.25, -0.2) is 0 Å². The van der Waals surface area contributed by atoms with Gasteiger partial charge >= 0.3 is 0 Å². The normalized spacial score (nSPS) is 16.1. The number of carbonyl (C=O) groups is 1. The minimum Gasteiger partial charge on any atom is -0.490 e. The molecule has 3 rings (SSSR count). The predicted molar refractivity (Wildman–Crippen MR) is 100 cm³/mol. The molecule has 0 aromatic heterocycles. The molecule has 0 saturated heterocycles. The first kappa shape index (κ1) is 17.6. The Morgan fingerprint density at radius 3 is 2.56 bits per heavy atom. The lowest BCUT2D eigenvalue weighted by molar-refractivity contribution is -0.119. The van der Waals surface area contributed by atoms with Crippen molar-refractivity contribution in [2.75, 3.05) is 25.2 Å². The third-order valence-electron chi connectivity index (χ3n) is 4.40. The second kappa shape index (κ2) is 7.36. The summed E-state index contributed by atoms with van der Waals surface area (Å²) in [6.45, 7) is 4.86. The Morgan fingerprint density at radius 2 is 1.84 bits per heavy atom. The number of hydrogen-bond donors (Lipinski definition) is 0. The van der Waals surface area contributed by atoms with Crippen LogP contribution >= 0.6 is 11.6 Å². The van der Waals surface area contributed by atoms with Gasteiger partial charge in [0.1, 0.15) is 0 Å². The van der Waals surface area contributed by atoms with E-state index in [1.807, 2.05) is 57.3 Å². The maximum absolute atomic E-state index is 12.7. The summed E-state index contributed by atoms with van der Waals surface area (Å²) in [4.78, 5) is 14.4. The fourth-order valence-corrected chi connectivity index (χ4v) is 3.58. The van der Waals surface area contributed by atoms with Crippen LogP contribution < -0.4 is 14.4 Å². The topological polar surface area (TPSA) is 38.8 Å². The van der Waals surface area contributed by atoms with Crippen molar-refractivity contribution in [3.05, 3.63) is 52.5 Å². The largest absolute Gasteiger partial charge is 0.490 e. The van der Waals surface area contributed by atoms with Gasteiger partial charge in [-0.2, -0.15) is 0 Å². The SMILES string of the molecule is CCOc1cc(C[C@H]2C(=O)N(C)c3ccccc32)cc(Cl)c1OCC. The number of nitrogens with zero attached hydrogens (tertiary/aromatic N) is 1. The van der Waals surface area contributed by atoms with Crippen molar-refractivity contribution in [1.82, 2.24) is 0 Å². The van der Waals surface area contributed by atoms with Gasteiger partial charge in [0.05, 0.1) is 24.2 Å². The van der Waals surface area contributed by atoms with E-state index in [1.54, 1.807) is 4.90 Å². The van der Waals surface area contributed by atoms with E-state index in [1.165, 1.54) is 0 Å². The molecular formula is C20H22ClNO3. The van der Waals surface area contributed by atoms with Crippen LogP contribution in [0.25, 0.3) is 0 Å². The molecule has 1 aliphatic heterocycles. The van der Waals surface area contributed by atoms with Crippen LogP contribution in [0.3, 0.4) is 0 Å². The maximum Gasteiger partial charge on any atom is 0.234 e. The molecule has 4 nitrogen and oxygen atoms in total. The lowest BCUT2D eigenvalue weighted by Gasteiger charge is -2.16. The lowest BCUT2D eigenvalue weighted by Crippen LogP contribution is -2.24. The summed E-state index contributed by atoms with van der Waals surface area (Å²) >= 11 is 6.40. The number of ether oxygens (including phenoxy) is 2. The summed E-state index contributed by atoms with van der Waals surface area (Å²) in [5.41, 5.74) is 2.98. The number of halogens is 1. The first-order chi connectivity index (χ1) is 12.1. The van der Waals surface area contributed by atoms with Gasteiger partial charge in [-0.1, -0.05) is 29.8 Å². The molecule has 1 aliphatic rings. The number of benzene rings is 2. The highest BCUT2D eigenvalue weighted by Gasteiger charge is 2.35. The van der Waals surface area contributed by atoms with E-state index in [4.69, 9.17) is 21.1 Å². The monoisotopic (exact) mass is 359 g/mol. The molecule has 25 heavy (non-hydrogen) atoms. The van der Waals surface area contributed by atoms with Gasteiger partial charge in [0.25, 0.3) is 0 Å². The van der Waals surface area contributed by atoms with E-state index in [9.17, 15) is 4.79 Å². The number of likely N-dealkylation sites (N-methyl/N-ethyl adjacent to an activating group) is 1. The third kappa shape index (κ3) is 3.31. The highest BCUT2D eigenvalue weighted by Crippen LogP contribution is 2.41. The van der Waals surface area contributed by atoms with Crippen molar-refractivity contribution in [3.8, 4) is 11.5 Å². The Kier molecular flexibility index (Phi) is 5.19. The van der Waals surface area contributed by atoms with E-state index < -0.39 is 0 Å². The summed E-state index contributed by atoms with van der Waals surface area (Å²) in [5.74, 6) is 1.08. The first-order valence-electron chi connectivity index (χ1n) is 8.51. The first-order valence-corrected chi connectivity index (χ1v) is 8.89. The third-order valence-corrected chi connectivity index (χ3v) is 4.68. The zero-order valence-corrected chi connectivity index (χ0v) is 15.5. The van der Waals surface area contributed by atoms with Crippen molar-refractivity contribution in [2.24, 2.45) is 0 Å². The Balaban J connectivity index is 1.94. The summed E-state index contributed by atoms with van der Waals surface area (Å²) < 4.78 is 11.3. The van der Waals surface area contributed by atoms with Crippen LogP contribution in [-0.2, 0) is 11.2 Å². The van der Waals surface area contributed by atoms with Crippen LogP contribution in [0.2, 0.25) is 5.02 Å². The van der Waals surface area contributed by atoms with Crippen LogP contribution in [0, 0.1) is 0 Å². The van der Waals surface area contributed by atoms with Gasteiger partial charge in [0, 0.05) is 12.7 Å². The molecular weight excluding hydrogens is 338 g/mol. The zero-order chi connectivity index (χ0) is 18.0. The molecule has 1 atom stereocenters. The molecule has 0 N–H and O–H groups in total. The van der Waals surface area contributed by atoms with Gasteiger partial charge in [0.15, 0.2) is 11.5 Å². The standard InChI is InChI=1S/C20H22ClNO3/c1-4-24-18-12-13(11-16(21)19(18)25-5-2)10-15-14-8-6-7-9-17(14)22(3)20(15)23/h6-9,11-12,15H,4-5,10H2,1-3H3/t15-/m1/s1. The van der Waals surface area contributed by atoms with E-state index in [0.29, 0.717) is 36.2 Å². The van der Waals surface area contributed by atoms with Crippen LogP contribution in [0.5, 0.6) is 11.5 Å². The van der Waals surface area contributed by atoms with Crippen LogP contribution in [0.1, 0.15) is 30.9 Å². The summed E-state index contributed by atoms with van der Waals surface area (Å²) in [7, 11) is 1.82. The van der Waals surface area contributed by atoms with E-state index in [0.717, 1.165) is 16.8 Å². The minimum absolute atomic E-state index is 0.101. The van der Waals surface area contributed by atoms with Gasteiger partial charge < -0.3 is 14.4 Å². The van der Waals surface area contributed by atoms with Crippen molar-refractivity contribution >= 4 is 23.2 Å². The van der Waals surface area contributed by atoms with E-state index in [2.05, 4.69) is 0 Å². The fourth-order valence-electron chi connectivity index (χ4n) is 3.29. The zero-order valence-electron chi connectivity index (χ0n) is 14.7. The molecule has 132 valence electrons. The molecule has 0 unspecified atom stereocenters. The average Bonchev–Trinajstić information content (AvgIpc) is 2.84. The number of para-hydroxylation sites is 1. The van der Waals surface area contributed by atoms with Crippen LogP contribution in [-0.4, -0.2) is 26.2 Å². The van der Waals surface area contributed by atoms with Gasteiger partial charge in [-0.15, -0.1) is 0 Å². The molecule has 0 spiro atoms. The summed E-state index contributed by atoms with van der Waals surface area (Å²) in [6, 6.07) is 11.7. The quantitative estimate of drug-likeness (QED) is 0.765. The van der Waals surface area contributed by atoms with E-state index in [-0.39, 0.29) is 11.8 Å². The Bertz CT molecular complexity index is 791. The molecule has 0 fully saturated rings. The fraction of sp³-hybridized carbons (Fsp3) is 0.350. The number of carbonyl (C=O) groups excluding carboxylic acids is 1. The minimum atomic E-state index is -0.204. The molecule has 1 amide bonds. The average molecular weight is 360 g/mol. The van der Waals surface area contributed by atoms with Crippen LogP contribution in [0.15, 0.2) is 36.4 Å². The van der Waals surface area contributed by atoms with Crippen molar-refractivity contribution in [3.63, 3.8) is 0 Å². The van der Waals surface area contributed by atoms with Crippen molar-refractivity contribution in [1.29, 1.82) is 0 Å². The van der Waals surface area contributed by atoms with E-state index >= 15 is 0 Å². The number of anilines is 1. The number of amides is 1. The Morgan fingerprint density at radius 1 is 1.12 bits per heavy atom. The molecule has 1 heterocycles. The highest BCUT2D eigenvalue weighted by molar-refractivity contribution is 6.32. The summed E-state index contributed by atoms with van der Waals surface area (Å²) in [6.07, 6.45) is 0.576. The second-order valence-corrected chi connectivity index (χ2v) is 6.39. The molecule has 0 radical (unpaired) electrons. The molecule has 0 bridgehead atoms. The van der Waals surface area contributed by atoms with Crippen molar-refractivity contribution in [2.45, 2.75) is 26.2 Å². The number of rotatable bonds is 6. The number of hydrogen-bond acceptors (Lipinski definition) is 3. The van der Waals surface area contributed by atoms with Gasteiger partial charge in [0.2, 0.25) is 5.91 Å². The van der Waals surface area contributed by atoms with Gasteiger partial charge in [-0.05, 0) is 49.6 Å². The molecule has 5 heteroatoms. The number of fused-ring (bicyclic) bond motifs is 1. The maximum atomic E-state index is 12.7. The predicted octanol–water partition coefficient (Wildman–Crippen LogP) is 4.44. The Labute approximate surface area is 153 Å². The summed E-state index contributed by atoms with van der Waals surface area (Å²) in [5, 5.41) is 0.509. The highest BCUT2D eigenvalue weighted by atomic mass is 35.5. The van der Waals surface area contributed by atoms with Gasteiger partial charge in [-0.3, -0.25) is 4.79 Å². The van der Waals surface area contributed by atoms with Crippen LogP contribution in [0.4, 0.5) is 5.69 Å². The Hall–Kier alpha value is -2.20. The smallest absolute Gasteiger partial charge is 0.234 e. The molecule has 0 saturated carbocycles. The molecule has 2 aromatic carbocycles. The van der Waals surface area contributed by atoms with Crippen molar-refractivity contribution < 1.29 is 14.3 Å². The second-order valence-electron chi connectivity index (χ2n) is 5.98. The molecule has 0 aliphatic carbocycles. The molecule has 2 aromatic rings. The lowest BCUT2D eigenvalue weighted by atomic mass is 9.93.